The molecule has 1 heterocycles. The van der Waals surface area contributed by atoms with Gasteiger partial charge in [-0.15, -0.1) is 0 Å². The van der Waals surface area contributed by atoms with Crippen LogP contribution in [0, 0.1) is 24.0 Å². The molecule has 19 heavy (non-hydrogen) atoms. The molecular formula is C12H14N4O3. The molecule has 0 aliphatic rings. The van der Waals surface area contributed by atoms with Crippen molar-refractivity contribution in [1.29, 1.82) is 0 Å². The van der Waals surface area contributed by atoms with Crippen LogP contribution in [0.15, 0.2) is 22.8 Å². The van der Waals surface area contributed by atoms with Gasteiger partial charge in [-0.2, -0.15) is 0 Å². The Balaban J connectivity index is 2.02. The molecule has 1 aromatic heterocycles. The van der Waals surface area contributed by atoms with Crippen LogP contribution < -0.4 is 5.32 Å². The third kappa shape index (κ3) is 2.94. The van der Waals surface area contributed by atoms with Crippen LogP contribution in [0.1, 0.15) is 22.5 Å². The van der Waals surface area contributed by atoms with Crippen molar-refractivity contribution < 1.29 is 9.55 Å². The van der Waals surface area contributed by atoms with Gasteiger partial charge in [0.1, 0.15) is 11.4 Å². The van der Waals surface area contributed by atoms with Gasteiger partial charge < -0.3 is 5.32 Å². The molecule has 0 bridgehead atoms. The Bertz CT molecular complexity index is 594. The van der Waals surface area contributed by atoms with Crippen molar-refractivity contribution in [3.63, 3.8) is 0 Å². The van der Waals surface area contributed by atoms with Gasteiger partial charge in [0.2, 0.25) is 0 Å². The molecule has 0 unspecified atom stereocenters. The molecule has 0 radical (unpaired) electrons. The molecule has 0 spiro atoms. The highest BCUT2D eigenvalue weighted by atomic mass is 16.6. The van der Waals surface area contributed by atoms with E-state index in [-0.39, 0.29) is 10.6 Å². The Hall–Kier alpha value is -2.28. The van der Waals surface area contributed by atoms with Crippen LogP contribution in [-0.4, -0.2) is 15.2 Å². The maximum atomic E-state index is 10.8. The van der Waals surface area contributed by atoms with E-state index >= 15 is 0 Å². The minimum absolute atomic E-state index is 0.138. The monoisotopic (exact) mass is 262 g/mol. The first-order valence-electron chi connectivity index (χ1n) is 5.81. The van der Waals surface area contributed by atoms with Crippen molar-refractivity contribution in [2.24, 2.45) is 0 Å². The number of nitro benzene ring substituents is 1. The highest BCUT2D eigenvalue weighted by Gasteiger charge is 2.13. The maximum Gasteiger partial charge on any atom is 0.272 e. The van der Waals surface area contributed by atoms with E-state index in [1.54, 1.807) is 13.0 Å². The topological polar surface area (TPSA) is 94.1 Å². The van der Waals surface area contributed by atoms with E-state index in [1.807, 2.05) is 13.0 Å². The second-order valence-electron chi connectivity index (χ2n) is 4.22. The fourth-order valence-corrected chi connectivity index (χ4v) is 1.78. The number of aryl methyl sites for hydroxylation is 1. The van der Waals surface area contributed by atoms with Crippen molar-refractivity contribution in [2.75, 3.05) is 0 Å². The van der Waals surface area contributed by atoms with Crippen LogP contribution in [0.25, 0.3) is 0 Å². The Kier molecular flexibility index (Phi) is 3.86. The van der Waals surface area contributed by atoms with Gasteiger partial charge in [-0.3, -0.25) is 10.1 Å². The molecule has 100 valence electrons. The number of hydrogen-bond acceptors (Lipinski definition) is 6. The second kappa shape index (κ2) is 5.57. The van der Waals surface area contributed by atoms with Gasteiger partial charge in [-0.05, 0) is 19.4 Å². The summed E-state index contributed by atoms with van der Waals surface area (Å²) in [6, 6.07) is 5.05. The minimum atomic E-state index is -0.371. The van der Waals surface area contributed by atoms with E-state index in [1.165, 1.54) is 6.07 Å². The van der Waals surface area contributed by atoms with E-state index in [0.717, 1.165) is 17.0 Å². The molecule has 2 rings (SSSR count). The van der Waals surface area contributed by atoms with Crippen LogP contribution in [0.2, 0.25) is 0 Å². The Morgan fingerprint density at radius 2 is 2.11 bits per heavy atom. The van der Waals surface area contributed by atoms with Gasteiger partial charge in [0.05, 0.1) is 4.92 Å². The van der Waals surface area contributed by atoms with Gasteiger partial charge in [-0.25, -0.2) is 4.63 Å². The minimum Gasteiger partial charge on any atom is -0.307 e. The smallest absolute Gasteiger partial charge is 0.272 e. The average Bonchev–Trinajstić information content (AvgIpc) is 2.77. The number of nitrogens with one attached hydrogen (secondary N) is 1. The number of rotatable bonds is 5. The van der Waals surface area contributed by atoms with Crippen molar-refractivity contribution in [3.8, 4) is 0 Å². The lowest BCUT2D eigenvalue weighted by molar-refractivity contribution is -0.385. The fraction of sp³-hybridized carbons (Fsp3) is 0.333. The zero-order chi connectivity index (χ0) is 13.8. The molecule has 0 saturated carbocycles. The SMILES string of the molecule is Cc1nonc1CNCc1cccc([N+](=O)[O-])c1C. The average molecular weight is 262 g/mol. The Morgan fingerprint density at radius 1 is 1.32 bits per heavy atom. The predicted octanol–water partition coefficient (Wildman–Crippen LogP) is 1.88. The first-order valence-corrected chi connectivity index (χ1v) is 5.81. The lowest BCUT2D eigenvalue weighted by atomic mass is 10.1. The van der Waals surface area contributed by atoms with E-state index in [0.29, 0.717) is 18.7 Å². The third-order valence-electron chi connectivity index (χ3n) is 2.97. The number of nitrogens with zero attached hydrogens (tertiary/aromatic N) is 3. The molecular weight excluding hydrogens is 248 g/mol. The number of hydrogen-bond donors (Lipinski definition) is 1. The summed E-state index contributed by atoms with van der Waals surface area (Å²) in [6.45, 7) is 4.60. The summed E-state index contributed by atoms with van der Waals surface area (Å²) in [4.78, 5) is 10.5. The highest BCUT2D eigenvalue weighted by molar-refractivity contribution is 5.44. The first kappa shape index (κ1) is 13.2. The first-order chi connectivity index (χ1) is 9.09. The second-order valence-corrected chi connectivity index (χ2v) is 4.22. The summed E-state index contributed by atoms with van der Waals surface area (Å²) in [5, 5.41) is 21.4. The molecule has 0 aliphatic carbocycles. The van der Waals surface area contributed by atoms with Crippen molar-refractivity contribution in [1.82, 2.24) is 15.6 Å². The quantitative estimate of drug-likeness (QED) is 0.653. The molecule has 1 N–H and O–H groups in total. The molecule has 2 aromatic rings. The zero-order valence-corrected chi connectivity index (χ0v) is 10.7. The van der Waals surface area contributed by atoms with Crippen molar-refractivity contribution >= 4 is 5.69 Å². The van der Waals surface area contributed by atoms with E-state index < -0.39 is 0 Å². The van der Waals surface area contributed by atoms with Gasteiger partial charge in [0, 0.05) is 24.7 Å². The van der Waals surface area contributed by atoms with Gasteiger partial charge in [-0.1, -0.05) is 22.4 Å². The van der Waals surface area contributed by atoms with Crippen LogP contribution >= 0.6 is 0 Å². The van der Waals surface area contributed by atoms with Gasteiger partial charge in [0.15, 0.2) is 0 Å². The normalized spacial score (nSPS) is 10.6. The highest BCUT2D eigenvalue weighted by Crippen LogP contribution is 2.20. The summed E-state index contributed by atoms with van der Waals surface area (Å²) >= 11 is 0. The van der Waals surface area contributed by atoms with Crippen LogP contribution in [0.4, 0.5) is 5.69 Å². The molecule has 0 amide bonds. The van der Waals surface area contributed by atoms with Gasteiger partial charge >= 0.3 is 0 Å². The molecule has 0 saturated heterocycles. The zero-order valence-electron chi connectivity index (χ0n) is 10.7. The van der Waals surface area contributed by atoms with Crippen molar-refractivity contribution in [3.05, 3.63) is 50.8 Å². The molecule has 0 aliphatic heterocycles. The maximum absolute atomic E-state index is 10.8. The van der Waals surface area contributed by atoms with Crippen LogP contribution in [-0.2, 0) is 13.1 Å². The Labute approximate surface area is 109 Å². The predicted molar refractivity (Wildman–Crippen MR) is 67.4 cm³/mol. The molecule has 1 aromatic carbocycles. The summed E-state index contributed by atoms with van der Waals surface area (Å²) < 4.78 is 4.59. The Morgan fingerprint density at radius 3 is 2.74 bits per heavy atom. The summed E-state index contributed by atoms with van der Waals surface area (Å²) in [7, 11) is 0. The lowest BCUT2D eigenvalue weighted by Gasteiger charge is -2.07. The fourth-order valence-electron chi connectivity index (χ4n) is 1.78. The summed E-state index contributed by atoms with van der Waals surface area (Å²) in [5.41, 5.74) is 3.18. The lowest BCUT2D eigenvalue weighted by Crippen LogP contribution is -2.14. The molecule has 0 fully saturated rings. The van der Waals surface area contributed by atoms with Crippen LogP contribution in [0.5, 0.6) is 0 Å². The molecule has 7 nitrogen and oxygen atoms in total. The molecule has 7 heteroatoms. The summed E-state index contributed by atoms with van der Waals surface area (Å²) in [5.74, 6) is 0. The number of benzene rings is 1. The largest absolute Gasteiger partial charge is 0.307 e. The van der Waals surface area contributed by atoms with Gasteiger partial charge in [0.25, 0.3) is 5.69 Å². The third-order valence-corrected chi connectivity index (χ3v) is 2.97. The van der Waals surface area contributed by atoms with E-state index in [9.17, 15) is 10.1 Å². The van der Waals surface area contributed by atoms with Crippen LogP contribution in [0.3, 0.4) is 0 Å². The number of nitro groups is 1. The van der Waals surface area contributed by atoms with Crippen molar-refractivity contribution in [2.45, 2.75) is 26.9 Å². The molecule has 0 atom stereocenters. The summed E-state index contributed by atoms with van der Waals surface area (Å²) in [6.07, 6.45) is 0. The van der Waals surface area contributed by atoms with E-state index in [2.05, 4.69) is 20.3 Å². The standard InChI is InChI=1S/C12H14N4O3/c1-8-10(4-3-5-12(8)16(17)18)6-13-7-11-9(2)14-19-15-11/h3-5,13H,6-7H2,1-2H3. The number of aromatic nitrogens is 2. The van der Waals surface area contributed by atoms with E-state index in [4.69, 9.17) is 0 Å².